The first-order chi connectivity index (χ1) is 8.16. The SMILES string of the molecule is O=C(NCc1cccs1)c1ccc(I)c(O)c1. The summed E-state index contributed by atoms with van der Waals surface area (Å²) in [5.74, 6) is -0.0422. The van der Waals surface area contributed by atoms with E-state index in [0.29, 0.717) is 12.1 Å². The number of amides is 1. The normalized spacial score (nSPS) is 10.2. The minimum absolute atomic E-state index is 0.134. The van der Waals surface area contributed by atoms with Crippen LogP contribution in [0.1, 0.15) is 15.2 Å². The van der Waals surface area contributed by atoms with Crippen LogP contribution in [0.3, 0.4) is 0 Å². The van der Waals surface area contributed by atoms with Crippen LogP contribution in [0.25, 0.3) is 0 Å². The highest BCUT2D eigenvalue weighted by Gasteiger charge is 2.07. The van der Waals surface area contributed by atoms with Crippen molar-refractivity contribution < 1.29 is 9.90 Å². The fraction of sp³-hybridized carbons (Fsp3) is 0.0833. The van der Waals surface area contributed by atoms with Gasteiger partial charge in [-0.2, -0.15) is 0 Å². The first-order valence-electron chi connectivity index (χ1n) is 4.96. The molecule has 2 rings (SSSR count). The van der Waals surface area contributed by atoms with Crippen LogP contribution in [-0.4, -0.2) is 11.0 Å². The van der Waals surface area contributed by atoms with Crippen molar-refractivity contribution in [2.75, 3.05) is 0 Å². The number of phenols is 1. The third-order valence-electron chi connectivity index (χ3n) is 2.21. The van der Waals surface area contributed by atoms with E-state index in [1.807, 2.05) is 40.1 Å². The van der Waals surface area contributed by atoms with E-state index in [-0.39, 0.29) is 11.7 Å². The summed E-state index contributed by atoms with van der Waals surface area (Å²) in [7, 11) is 0. The van der Waals surface area contributed by atoms with Gasteiger partial charge in [-0.25, -0.2) is 0 Å². The molecule has 0 unspecified atom stereocenters. The molecule has 0 bridgehead atoms. The summed E-state index contributed by atoms with van der Waals surface area (Å²) in [6.07, 6.45) is 0. The summed E-state index contributed by atoms with van der Waals surface area (Å²) in [5.41, 5.74) is 0.472. The molecule has 0 saturated heterocycles. The number of halogens is 1. The Bertz CT molecular complexity index is 525. The summed E-state index contributed by atoms with van der Waals surface area (Å²) in [6.45, 7) is 0.517. The van der Waals surface area contributed by atoms with Crippen molar-refractivity contribution in [3.63, 3.8) is 0 Å². The van der Waals surface area contributed by atoms with Crippen LogP contribution < -0.4 is 5.32 Å². The van der Waals surface area contributed by atoms with Gasteiger partial charge in [-0.15, -0.1) is 11.3 Å². The van der Waals surface area contributed by atoms with Crippen molar-refractivity contribution in [2.45, 2.75) is 6.54 Å². The lowest BCUT2D eigenvalue weighted by Gasteiger charge is -2.05. The molecular weight excluding hydrogens is 349 g/mol. The lowest BCUT2D eigenvalue weighted by atomic mass is 10.2. The Morgan fingerprint density at radius 3 is 2.88 bits per heavy atom. The molecule has 3 nitrogen and oxygen atoms in total. The fourth-order valence-corrected chi connectivity index (χ4v) is 2.32. The maximum atomic E-state index is 11.8. The topological polar surface area (TPSA) is 49.3 Å². The average molecular weight is 359 g/mol. The third kappa shape index (κ3) is 3.19. The third-order valence-corrected chi connectivity index (χ3v) is 4.00. The van der Waals surface area contributed by atoms with Gasteiger partial charge < -0.3 is 10.4 Å². The maximum absolute atomic E-state index is 11.8. The molecule has 2 aromatic rings. The quantitative estimate of drug-likeness (QED) is 0.828. The van der Waals surface area contributed by atoms with Crippen LogP contribution in [0.2, 0.25) is 0 Å². The van der Waals surface area contributed by atoms with Gasteiger partial charge in [-0.1, -0.05) is 6.07 Å². The van der Waals surface area contributed by atoms with Crippen LogP contribution >= 0.6 is 33.9 Å². The molecule has 0 spiro atoms. The molecule has 17 heavy (non-hydrogen) atoms. The second kappa shape index (κ2) is 5.50. The molecule has 1 aromatic carbocycles. The van der Waals surface area contributed by atoms with E-state index in [1.165, 1.54) is 6.07 Å². The molecule has 0 aliphatic heterocycles. The van der Waals surface area contributed by atoms with E-state index in [0.717, 1.165) is 8.45 Å². The second-order valence-electron chi connectivity index (χ2n) is 3.43. The Kier molecular flexibility index (Phi) is 4.01. The molecule has 1 heterocycles. The molecule has 5 heteroatoms. The Hall–Kier alpha value is -1.08. The van der Waals surface area contributed by atoms with E-state index in [4.69, 9.17) is 0 Å². The minimum atomic E-state index is -0.176. The summed E-state index contributed by atoms with van der Waals surface area (Å²) >= 11 is 3.61. The zero-order valence-electron chi connectivity index (χ0n) is 8.81. The van der Waals surface area contributed by atoms with Gasteiger partial charge in [0.15, 0.2) is 0 Å². The number of hydrogen-bond donors (Lipinski definition) is 2. The second-order valence-corrected chi connectivity index (χ2v) is 5.62. The zero-order valence-corrected chi connectivity index (χ0v) is 11.8. The molecular formula is C12H10INO2S. The predicted molar refractivity (Wildman–Crippen MR) is 76.3 cm³/mol. The number of hydrogen-bond acceptors (Lipinski definition) is 3. The van der Waals surface area contributed by atoms with Gasteiger partial charge in [0.05, 0.1) is 10.1 Å². The fourth-order valence-electron chi connectivity index (χ4n) is 1.34. The summed E-state index contributed by atoms with van der Waals surface area (Å²) in [4.78, 5) is 12.9. The smallest absolute Gasteiger partial charge is 0.251 e. The van der Waals surface area contributed by atoms with Crippen molar-refractivity contribution in [3.8, 4) is 5.75 Å². The van der Waals surface area contributed by atoms with Gasteiger partial charge in [0.2, 0.25) is 0 Å². The molecule has 0 atom stereocenters. The molecule has 0 aliphatic carbocycles. The standard InChI is InChI=1S/C12H10INO2S/c13-10-4-3-8(6-11(10)15)12(16)14-7-9-2-1-5-17-9/h1-6,15H,7H2,(H,14,16). The number of carbonyl (C=O) groups is 1. The molecule has 0 radical (unpaired) electrons. The molecule has 1 amide bonds. The van der Waals surface area contributed by atoms with Crippen LogP contribution in [-0.2, 0) is 6.54 Å². The molecule has 2 N–H and O–H groups in total. The van der Waals surface area contributed by atoms with Gasteiger partial charge in [-0.05, 0) is 52.2 Å². The monoisotopic (exact) mass is 359 g/mol. The van der Waals surface area contributed by atoms with Crippen molar-refractivity contribution >= 4 is 39.8 Å². The highest BCUT2D eigenvalue weighted by molar-refractivity contribution is 14.1. The summed E-state index contributed by atoms with van der Waals surface area (Å²) in [6, 6.07) is 8.81. The van der Waals surface area contributed by atoms with Crippen LogP contribution in [0.5, 0.6) is 5.75 Å². The van der Waals surface area contributed by atoms with Crippen molar-refractivity contribution in [1.29, 1.82) is 0 Å². The van der Waals surface area contributed by atoms with E-state index in [2.05, 4.69) is 5.32 Å². The number of phenolic OH excluding ortho intramolecular Hbond substituents is 1. The maximum Gasteiger partial charge on any atom is 0.251 e. The van der Waals surface area contributed by atoms with Crippen molar-refractivity contribution in [1.82, 2.24) is 5.32 Å². The van der Waals surface area contributed by atoms with E-state index < -0.39 is 0 Å². The highest BCUT2D eigenvalue weighted by atomic mass is 127. The lowest BCUT2D eigenvalue weighted by molar-refractivity contribution is 0.0951. The van der Waals surface area contributed by atoms with Crippen LogP contribution in [0.4, 0.5) is 0 Å². The zero-order chi connectivity index (χ0) is 12.3. The Morgan fingerprint density at radius 2 is 2.24 bits per heavy atom. The minimum Gasteiger partial charge on any atom is -0.507 e. The van der Waals surface area contributed by atoms with Crippen LogP contribution in [0, 0.1) is 3.57 Å². The molecule has 88 valence electrons. The van der Waals surface area contributed by atoms with E-state index >= 15 is 0 Å². The molecule has 0 saturated carbocycles. The average Bonchev–Trinajstić information content (AvgIpc) is 2.82. The van der Waals surface area contributed by atoms with Gasteiger partial charge in [0, 0.05) is 10.4 Å². The highest BCUT2D eigenvalue weighted by Crippen LogP contribution is 2.20. The Balaban J connectivity index is 2.02. The van der Waals surface area contributed by atoms with Gasteiger partial charge in [0.25, 0.3) is 5.91 Å². The predicted octanol–water partition coefficient (Wildman–Crippen LogP) is 2.99. The van der Waals surface area contributed by atoms with E-state index in [1.54, 1.807) is 23.5 Å². The Labute approximate surface area is 117 Å². The van der Waals surface area contributed by atoms with Gasteiger partial charge >= 0.3 is 0 Å². The largest absolute Gasteiger partial charge is 0.507 e. The first-order valence-corrected chi connectivity index (χ1v) is 6.92. The van der Waals surface area contributed by atoms with Crippen molar-refractivity contribution in [2.24, 2.45) is 0 Å². The van der Waals surface area contributed by atoms with E-state index in [9.17, 15) is 9.90 Å². The van der Waals surface area contributed by atoms with Crippen molar-refractivity contribution in [3.05, 3.63) is 49.7 Å². The van der Waals surface area contributed by atoms with Gasteiger partial charge in [0.1, 0.15) is 5.75 Å². The lowest BCUT2D eigenvalue weighted by Crippen LogP contribution is -2.22. The summed E-state index contributed by atoms with van der Waals surface area (Å²) < 4.78 is 0.734. The number of carbonyl (C=O) groups excluding carboxylic acids is 1. The molecule has 1 aromatic heterocycles. The summed E-state index contributed by atoms with van der Waals surface area (Å²) in [5, 5.41) is 14.3. The first kappa shape index (κ1) is 12.4. The van der Waals surface area contributed by atoms with Gasteiger partial charge in [-0.3, -0.25) is 4.79 Å². The Morgan fingerprint density at radius 1 is 1.41 bits per heavy atom. The molecule has 0 fully saturated rings. The van der Waals surface area contributed by atoms with Crippen LogP contribution in [0.15, 0.2) is 35.7 Å². The number of nitrogens with one attached hydrogen (secondary N) is 1. The number of thiophene rings is 1. The number of rotatable bonds is 3. The number of aromatic hydroxyl groups is 1. The molecule has 0 aliphatic rings. The number of benzene rings is 1.